The number of unbranched alkanes of at least 4 members (excludes halogenated alkanes) is 44. The summed E-state index contributed by atoms with van der Waals surface area (Å²) in [6, 6.07) is 0. The fraction of sp³-hybridized carbons (Fsp3) is 0.979. The molecule has 0 amide bonds. The van der Waals surface area contributed by atoms with E-state index >= 15 is 0 Å². The third kappa shape index (κ3) is 52.2. The van der Waals surface area contributed by atoms with E-state index < -0.39 is 5.97 Å². The van der Waals surface area contributed by atoms with E-state index in [1.807, 2.05) is 0 Å². The molecule has 0 rings (SSSR count). The van der Waals surface area contributed by atoms with Crippen molar-refractivity contribution in [2.24, 2.45) is 0 Å². The number of hydrogen-bond donors (Lipinski definition) is 0. The van der Waals surface area contributed by atoms with Gasteiger partial charge in [0.25, 0.3) is 0 Å². The van der Waals surface area contributed by atoms with Crippen molar-refractivity contribution in [2.45, 2.75) is 302 Å². The van der Waals surface area contributed by atoms with Crippen LogP contribution in [0.3, 0.4) is 0 Å². The standard InChI is InChI=1S/C48H96O2.Li/c1-2-3-4-5-6-7-8-9-10-11-12-13-14-15-16-17-18-19-20-21-22-23-24-25-26-27-28-29-30-31-32-33-34-35-36-37-38-39-40-41-42-43-44-45-46-47-48(49)50;/h2-47H2,1H3,(H,49,50);/q;+1/p-1. The van der Waals surface area contributed by atoms with Crippen molar-refractivity contribution in [3.8, 4) is 0 Å². The Morgan fingerprint density at radius 1 is 0.255 bits per heavy atom. The predicted molar refractivity (Wildman–Crippen MR) is 223 cm³/mol. The van der Waals surface area contributed by atoms with Gasteiger partial charge in [-0.15, -0.1) is 0 Å². The van der Waals surface area contributed by atoms with Crippen molar-refractivity contribution in [1.82, 2.24) is 0 Å². The summed E-state index contributed by atoms with van der Waals surface area (Å²) >= 11 is 0. The van der Waals surface area contributed by atoms with Crippen LogP contribution < -0.4 is 24.0 Å². The van der Waals surface area contributed by atoms with Crippen LogP contribution in [0.1, 0.15) is 302 Å². The quantitative estimate of drug-likeness (QED) is 0.0466. The van der Waals surface area contributed by atoms with Gasteiger partial charge in [0.1, 0.15) is 0 Å². The molecule has 2 nitrogen and oxygen atoms in total. The second kappa shape index (κ2) is 50.1. The molecule has 0 aliphatic rings. The maximum Gasteiger partial charge on any atom is 1.00 e. The molecule has 0 saturated heterocycles. The van der Waals surface area contributed by atoms with Crippen molar-refractivity contribution in [1.29, 1.82) is 0 Å². The Bertz CT molecular complexity index is 608. The molecule has 0 spiro atoms. The molecule has 0 bridgehead atoms. The van der Waals surface area contributed by atoms with Crippen LogP contribution in [0.4, 0.5) is 0 Å². The molecule has 51 heavy (non-hydrogen) atoms. The van der Waals surface area contributed by atoms with Gasteiger partial charge in [-0.1, -0.05) is 289 Å². The van der Waals surface area contributed by atoms with E-state index in [4.69, 9.17) is 0 Å². The van der Waals surface area contributed by atoms with Crippen LogP contribution in [-0.4, -0.2) is 5.97 Å². The van der Waals surface area contributed by atoms with Crippen molar-refractivity contribution in [2.75, 3.05) is 0 Å². The van der Waals surface area contributed by atoms with E-state index in [0.29, 0.717) is 0 Å². The first kappa shape index (κ1) is 53.2. The number of aliphatic carboxylic acids is 1. The summed E-state index contributed by atoms with van der Waals surface area (Å²) in [6.45, 7) is 2.31. The minimum Gasteiger partial charge on any atom is -0.550 e. The van der Waals surface area contributed by atoms with Crippen LogP contribution in [0, 0.1) is 0 Å². The van der Waals surface area contributed by atoms with E-state index in [2.05, 4.69) is 6.92 Å². The molecule has 3 heteroatoms. The molecule has 0 heterocycles. The molecule has 0 unspecified atom stereocenters. The number of rotatable bonds is 46. The Kier molecular flexibility index (Phi) is 52.2. The average molecular weight is 711 g/mol. The smallest absolute Gasteiger partial charge is 0.550 e. The van der Waals surface area contributed by atoms with E-state index in [0.717, 1.165) is 12.8 Å². The van der Waals surface area contributed by atoms with Crippen LogP contribution in [0.5, 0.6) is 0 Å². The Morgan fingerprint density at radius 3 is 0.490 bits per heavy atom. The number of hydrogen-bond acceptors (Lipinski definition) is 2. The zero-order chi connectivity index (χ0) is 36.1. The van der Waals surface area contributed by atoms with Gasteiger partial charge in [-0.05, 0) is 12.8 Å². The van der Waals surface area contributed by atoms with Gasteiger partial charge in [0, 0.05) is 5.97 Å². The van der Waals surface area contributed by atoms with E-state index in [1.165, 1.54) is 276 Å². The van der Waals surface area contributed by atoms with Gasteiger partial charge in [-0.3, -0.25) is 0 Å². The fourth-order valence-corrected chi connectivity index (χ4v) is 7.94. The molecule has 0 aromatic rings. The van der Waals surface area contributed by atoms with Crippen molar-refractivity contribution >= 4 is 5.97 Å². The largest absolute Gasteiger partial charge is 1.00 e. The fourth-order valence-electron chi connectivity index (χ4n) is 7.94. The van der Waals surface area contributed by atoms with Gasteiger partial charge in [-0.25, -0.2) is 0 Å². The molecule has 0 saturated carbocycles. The van der Waals surface area contributed by atoms with E-state index in [1.54, 1.807) is 0 Å². The van der Waals surface area contributed by atoms with Crippen molar-refractivity contribution in [3.05, 3.63) is 0 Å². The number of carbonyl (C=O) groups excluding carboxylic acids is 1. The van der Waals surface area contributed by atoms with Crippen molar-refractivity contribution in [3.63, 3.8) is 0 Å². The van der Waals surface area contributed by atoms with E-state index in [-0.39, 0.29) is 25.3 Å². The molecule has 300 valence electrons. The third-order valence-electron chi connectivity index (χ3n) is 11.5. The summed E-state index contributed by atoms with van der Waals surface area (Å²) in [5.41, 5.74) is 0. The maximum atomic E-state index is 10.4. The Hall–Kier alpha value is 0.0674. The van der Waals surface area contributed by atoms with Gasteiger partial charge in [0.05, 0.1) is 0 Å². The second-order valence-corrected chi connectivity index (χ2v) is 16.7. The van der Waals surface area contributed by atoms with Gasteiger partial charge < -0.3 is 9.90 Å². The molecule has 0 N–H and O–H groups in total. The minimum atomic E-state index is -0.896. The summed E-state index contributed by atoms with van der Waals surface area (Å²) in [5.74, 6) is -0.896. The van der Waals surface area contributed by atoms with Crippen LogP contribution in [0.25, 0.3) is 0 Å². The Balaban J connectivity index is 0. The first-order valence-corrected chi connectivity index (χ1v) is 24.0. The normalized spacial score (nSPS) is 11.3. The molecule has 0 fully saturated rings. The molecular weight excluding hydrogens is 615 g/mol. The molecule has 0 aromatic heterocycles. The minimum absolute atomic E-state index is 0. The molecule has 0 aromatic carbocycles. The van der Waals surface area contributed by atoms with Gasteiger partial charge in [-0.2, -0.15) is 0 Å². The summed E-state index contributed by atoms with van der Waals surface area (Å²) < 4.78 is 0. The number of carbonyl (C=O) groups is 1. The maximum absolute atomic E-state index is 10.4. The van der Waals surface area contributed by atoms with E-state index in [9.17, 15) is 9.90 Å². The average Bonchev–Trinajstić information content (AvgIpc) is 3.11. The SMILES string of the molecule is CCCCCCCCCCCCCCCCCCCCCCCCCCCCCCCCCCCCCCCCCCCCCCCC(=O)[O-].[Li+]. The third-order valence-corrected chi connectivity index (χ3v) is 11.5. The second-order valence-electron chi connectivity index (χ2n) is 16.7. The molecular formula is C48H95LiO2. The molecule has 0 radical (unpaired) electrons. The zero-order valence-corrected chi connectivity index (χ0v) is 35.8. The van der Waals surface area contributed by atoms with Gasteiger partial charge in [0.2, 0.25) is 0 Å². The van der Waals surface area contributed by atoms with Crippen molar-refractivity contribution < 1.29 is 28.8 Å². The van der Waals surface area contributed by atoms with Crippen LogP contribution in [0.15, 0.2) is 0 Å². The molecule has 0 atom stereocenters. The zero-order valence-electron chi connectivity index (χ0n) is 35.8. The van der Waals surface area contributed by atoms with Crippen LogP contribution in [-0.2, 0) is 4.79 Å². The number of carboxylic acids is 1. The Morgan fingerprint density at radius 2 is 0.373 bits per heavy atom. The van der Waals surface area contributed by atoms with Crippen LogP contribution >= 0.6 is 0 Å². The summed E-state index contributed by atoms with van der Waals surface area (Å²) in [4.78, 5) is 10.4. The first-order chi connectivity index (χ1) is 24.8. The van der Waals surface area contributed by atoms with Gasteiger partial charge >= 0.3 is 18.9 Å². The summed E-state index contributed by atoms with van der Waals surface area (Å²) in [6.07, 6.45) is 64.5. The molecule has 0 aliphatic heterocycles. The summed E-state index contributed by atoms with van der Waals surface area (Å²) in [7, 11) is 0. The Labute approximate surface area is 335 Å². The monoisotopic (exact) mass is 711 g/mol. The first-order valence-electron chi connectivity index (χ1n) is 24.0. The van der Waals surface area contributed by atoms with Crippen LogP contribution in [0.2, 0.25) is 0 Å². The predicted octanol–water partition coefficient (Wildman–Crippen LogP) is 13.7. The van der Waals surface area contributed by atoms with Gasteiger partial charge in [0.15, 0.2) is 0 Å². The molecule has 0 aliphatic carbocycles. The number of carboxylic acid groups (broad SMARTS) is 1. The topological polar surface area (TPSA) is 40.1 Å². The summed E-state index contributed by atoms with van der Waals surface area (Å²) in [5, 5.41) is 10.4.